The van der Waals surface area contributed by atoms with Crippen LogP contribution in [0.1, 0.15) is 38.7 Å². The molecule has 0 radical (unpaired) electrons. The van der Waals surface area contributed by atoms with Crippen molar-refractivity contribution in [1.82, 2.24) is 4.90 Å². The number of hydrogen-bond donors (Lipinski definition) is 1. The molecule has 2 aliphatic rings. The van der Waals surface area contributed by atoms with Crippen molar-refractivity contribution >= 4 is 46.0 Å². The van der Waals surface area contributed by atoms with Crippen molar-refractivity contribution in [3.8, 4) is 0 Å². The Labute approximate surface area is 184 Å². The first-order valence-electron chi connectivity index (χ1n) is 10.3. The maximum absolute atomic E-state index is 14.0. The van der Waals surface area contributed by atoms with Crippen LogP contribution in [0.5, 0.6) is 0 Å². The minimum atomic E-state index is -0.553. The summed E-state index contributed by atoms with van der Waals surface area (Å²) in [6.07, 6.45) is 1.98. The van der Waals surface area contributed by atoms with Crippen LogP contribution in [0.25, 0.3) is 0 Å². The van der Waals surface area contributed by atoms with Gasteiger partial charge < -0.3 is 5.32 Å². The molecule has 0 aliphatic carbocycles. The topological polar surface area (TPSA) is 74.1 Å². The summed E-state index contributed by atoms with van der Waals surface area (Å²) in [5.74, 6) is -0.372. The first-order chi connectivity index (χ1) is 15.0. The maximum atomic E-state index is 14.0. The van der Waals surface area contributed by atoms with Gasteiger partial charge in [-0.3, -0.25) is 14.6 Å². The molecule has 2 aromatic carbocycles. The Balaban J connectivity index is 1.62. The predicted octanol–water partition coefficient (Wildman–Crippen LogP) is 4.73. The molecule has 1 N–H and O–H groups in total. The average Bonchev–Trinajstić information content (AvgIpc) is 3.10. The first kappa shape index (κ1) is 21.2. The number of amidine groups is 2. The van der Waals surface area contributed by atoms with Gasteiger partial charge in [0.1, 0.15) is 17.7 Å². The number of nitrogens with one attached hydrogen (secondary N) is 1. The summed E-state index contributed by atoms with van der Waals surface area (Å²) in [6.45, 7) is 3.89. The largest absolute Gasteiger partial charge is 0.323 e. The third kappa shape index (κ3) is 4.12. The molecular weight excluding hydrogens is 415 g/mol. The quantitative estimate of drug-likeness (QED) is 0.708. The smallest absolute Gasteiger partial charge is 0.259 e. The molecular formula is C23H23FN4O2S. The van der Waals surface area contributed by atoms with Crippen LogP contribution in [0, 0.1) is 5.82 Å². The second kappa shape index (κ2) is 9.01. The summed E-state index contributed by atoms with van der Waals surface area (Å²) in [4.78, 5) is 36.9. The number of nitrogens with zero attached hydrogens (tertiary/aromatic N) is 3. The second-order valence-corrected chi connectivity index (χ2v) is 8.50. The van der Waals surface area contributed by atoms with Crippen LogP contribution in [0.2, 0.25) is 0 Å². The van der Waals surface area contributed by atoms with Crippen molar-refractivity contribution in [3.63, 3.8) is 0 Å². The highest BCUT2D eigenvalue weighted by Gasteiger charge is 2.42. The highest BCUT2D eigenvalue weighted by Crippen LogP contribution is 2.36. The zero-order valence-corrected chi connectivity index (χ0v) is 18.2. The Bertz CT molecular complexity index is 1080. The fourth-order valence-electron chi connectivity index (χ4n) is 3.57. The number of hydrogen-bond acceptors (Lipinski definition) is 5. The molecule has 0 saturated carbocycles. The summed E-state index contributed by atoms with van der Waals surface area (Å²) in [5, 5.41) is 2.52. The van der Waals surface area contributed by atoms with E-state index in [4.69, 9.17) is 0 Å². The van der Waals surface area contributed by atoms with Crippen LogP contribution in [0.3, 0.4) is 0 Å². The van der Waals surface area contributed by atoms with Crippen molar-refractivity contribution in [2.45, 2.75) is 44.4 Å². The number of fused-ring (bicyclic) bond motifs is 3. The summed E-state index contributed by atoms with van der Waals surface area (Å²) in [6, 6.07) is 13.1. The number of para-hydroxylation sites is 2. The molecule has 31 heavy (non-hydrogen) atoms. The van der Waals surface area contributed by atoms with Crippen molar-refractivity contribution in [3.05, 3.63) is 59.9 Å². The molecule has 0 unspecified atom stereocenters. The lowest BCUT2D eigenvalue weighted by molar-refractivity contribution is -0.124. The first-order valence-corrected chi connectivity index (χ1v) is 11.2. The van der Waals surface area contributed by atoms with E-state index in [0.29, 0.717) is 29.5 Å². The second-order valence-electron chi connectivity index (χ2n) is 7.33. The van der Waals surface area contributed by atoms with Crippen molar-refractivity contribution in [1.29, 1.82) is 0 Å². The summed E-state index contributed by atoms with van der Waals surface area (Å²) in [5.41, 5.74) is 1.65. The number of carbonyl (C=O) groups is 2. The van der Waals surface area contributed by atoms with Gasteiger partial charge in [-0.15, -0.1) is 0 Å². The summed E-state index contributed by atoms with van der Waals surface area (Å²) >= 11 is 1.20. The molecule has 0 fully saturated rings. The normalized spacial score (nSPS) is 18.1. The van der Waals surface area contributed by atoms with Crippen LogP contribution < -0.4 is 5.32 Å². The third-order valence-corrected chi connectivity index (χ3v) is 6.47. The molecule has 8 heteroatoms. The molecule has 160 valence electrons. The van der Waals surface area contributed by atoms with Gasteiger partial charge in [-0.25, -0.2) is 14.3 Å². The third-order valence-electron chi connectivity index (χ3n) is 5.15. The van der Waals surface area contributed by atoms with Gasteiger partial charge in [0.25, 0.3) is 5.91 Å². The number of rotatable bonds is 6. The Hall–Kier alpha value is -3.00. The molecule has 2 amide bonds. The number of anilines is 1. The molecule has 4 rings (SSSR count). The van der Waals surface area contributed by atoms with E-state index in [9.17, 15) is 14.0 Å². The van der Waals surface area contributed by atoms with Gasteiger partial charge in [0.2, 0.25) is 5.91 Å². The standard InChI is InChI=1S/C23H23FN4O2S/c1-3-9-18-22(30)28-20(25-18)14-10-5-7-12-16(14)27-23(28)31-19(4-2)21(29)26-17-13-8-6-11-15(17)24/h5-8,10-13,18-19H,3-4,9H2,1-2H3,(H,26,29)/t18-,19+/m1/s1. The van der Waals surface area contributed by atoms with Crippen molar-refractivity contribution in [2.24, 2.45) is 9.98 Å². The zero-order chi connectivity index (χ0) is 22.0. The van der Waals surface area contributed by atoms with Gasteiger partial charge in [-0.1, -0.05) is 56.3 Å². The van der Waals surface area contributed by atoms with Gasteiger partial charge in [0.05, 0.1) is 16.6 Å². The molecule has 2 aliphatic heterocycles. The molecule has 0 saturated heterocycles. The number of halogens is 1. The lowest BCUT2D eigenvalue weighted by Crippen LogP contribution is -2.42. The van der Waals surface area contributed by atoms with Crippen LogP contribution >= 0.6 is 11.8 Å². The molecule has 6 nitrogen and oxygen atoms in total. The molecule has 2 atom stereocenters. The van der Waals surface area contributed by atoms with E-state index in [2.05, 4.69) is 15.3 Å². The Morgan fingerprint density at radius 3 is 2.68 bits per heavy atom. The van der Waals surface area contributed by atoms with Crippen LogP contribution in [0.4, 0.5) is 15.8 Å². The monoisotopic (exact) mass is 438 g/mol. The SMILES string of the molecule is CCC[C@H]1N=C2c3ccccc3N=C(S[C@@H](CC)C(=O)Nc3ccccc3F)N2C1=O. The highest BCUT2D eigenvalue weighted by molar-refractivity contribution is 8.15. The number of aliphatic imine (C=N–C) groups is 2. The minimum absolute atomic E-state index is 0.123. The van der Waals surface area contributed by atoms with Crippen LogP contribution in [0.15, 0.2) is 58.5 Å². The molecule has 2 aromatic rings. The van der Waals surface area contributed by atoms with Gasteiger partial charge in [-0.05, 0) is 37.1 Å². The number of carbonyl (C=O) groups excluding carboxylic acids is 2. The van der Waals surface area contributed by atoms with Gasteiger partial charge >= 0.3 is 0 Å². The fraction of sp³-hybridized carbons (Fsp3) is 0.304. The van der Waals surface area contributed by atoms with E-state index in [1.54, 1.807) is 12.1 Å². The van der Waals surface area contributed by atoms with Gasteiger partial charge in [-0.2, -0.15) is 0 Å². The fourth-order valence-corrected chi connectivity index (χ4v) is 4.59. The number of thioether (sulfide) groups is 1. The Morgan fingerprint density at radius 1 is 1.19 bits per heavy atom. The van der Waals surface area contributed by atoms with E-state index in [0.717, 1.165) is 12.0 Å². The summed E-state index contributed by atoms with van der Waals surface area (Å²) < 4.78 is 14.0. The zero-order valence-electron chi connectivity index (χ0n) is 17.3. The van der Waals surface area contributed by atoms with Crippen LogP contribution in [-0.2, 0) is 9.59 Å². The predicted molar refractivity (Wildman–Crippen MR) is 122 cm³/mol. The minimum Gasteiger partial charge on any atom is -0.323 e. The van der Waals surface area contributed by atoms with E-state index in [1.807, 2.05) is 38.1 Å². The summed E-state index contributed by atoms with van der Waals surface area (Å²) in [7, 11) is 0. The molecule has 0 spiro atoms. The Morgan fingerprint density at radius 2 is 1.94 bits per heavy atom. The van der Waals surface area contributed by atoms with Crippen molar-refractivity contribution in [2.75, 3.05) is 5.32 Å². The molecule has 0 aromatic heterocycles. The number of amides is 2. The van der Waals surface area contributed by atoms with E-state index < -0.39 is 17.1 Å². The molecule has 2 heterocycles. The van der Waals surface area contributed by atoms with E-state index in [1.165, 1.54) is 28.8 Å². The van der Waals surface area contributed by atoms with Crippen molar-refractivity contribution < 1.29 is 14.0 Å². The van der Waals surface area contributed by atoms with Gasteiger partial charge in [0, 0.05) is 5.56 Å². The molecule has 0 bridgehead atoms. The Kier molecular flexibility index (Phi) is 6.18. The van der Waals surface area contributed by atoms with E-state index in [-0.39, 0.29) is 17.5 Å². The van der Waals surface area contributed by atoms with E-state index >= 15 is 0 Å². The highest BCUT2D eigenvalue weighted by atomic mass is 32.2. The average molecular weight is 439 g/mol. The lowest BCUT2D eigenvalue weighted by Gasteiger charge is -2.27. The maximum Gasteiger partial charge on any atom is 0.259 e. The van der Waals surface area contributed by atoms with Gasteiger partial charge in [0.15, 0.2) is 5.17 Å². The number of benzene rings is 2. The lowest BCUT2D eigenvalue weighted by atomic mass is 10.1. The van der Waals surface area contributed by atoms with Crippen LogP contribution in [-0.4, -0.2) is 39.0 Å².